The van der Waals surface area contributed by atoms with Crippen LogP contribution in [0.1, 0.15) is 0 Å². The molecule has 23 heavy (non-hydrogen) atoms. The van der Waals surface area contributed by atoms with E-state index in [4.69, 9.17) is 14.2 Å². The first-order chi connectivity index (χ1) is 11.2. The number of ether oxygens (including phenoxy) is 3. The molecule has 3 rings (SSSR count). The van der Waals surface area contributed by atoms with Crippen molar-refractivity contribution in [3.63, 3.8) is 0 Å². The molecule has 0 N–H and O–H groups in total. The predicted octanol–water partition coefficient (Wildman–Crippen LogP) is 5.14. The quantitative estimate of drug-likeness (QED) is 0.548. The summed E-state index contributed by atoms with van der Waals surface area (Å²) in [7, 11) is 5.04. The molecule has 0 aliphatic heterocycles. The summed E-state index contributed by atoms with van der Waals surface area (Å²) in [5, 5.41) is 2.28. The molecule has 0 aliphatic carbocycles. The van der Waals surface area contributed by atoms with Crippen molar-refractivity contribution >= 4 is 33.4 Å². The SMILES string of the molecule is COc1ccc(OC)c(-c2c(OC)ccc3ccccc23)c1I. The number of hydrogen-bond acceptors (Lipinski definition) is 3. The molecular formula is C19H17IO3. The summed E-state index contributed by atoms with van der Waals surface area (Å²) in [5.74, 6) is 2.43. The lowest BCUT2D eigenvalue weighted by molar-refractivity contribution is 0.400. The molecule has 0 bridgehead atoms. The van der Waals surface area contributed by atoms with Gasteiger partial charge in [-0.1, -0.05) is 30.3 Å². The van der Waals surface area contributed by atoms with Crippen molar-refractivity contribution < 1.29 is 14.2 Å². The van der Waals surface area contributed by atoms with Gasteiger partial charge < -0.3 is 14.2 Å². The number of fused-ring (bicyclic) bond motifs is 1. The van der Waals surface area contributed by atoms with Gasteiger partial charge in [0.2, 0.25) is 0 Å². The van der Waals surface area contributed by atoms with Gasteiger partial charge in [0.25, 0.3) is 0 Å². The highest BCUT2D eigenvalue weighted by Crippen LogP contribution is 2.46. The first-order valence-electron chi connectivity index (χ1n) is 7.17. The monoisotopic (exact) mass is 420 g/mol. The molecule has 3 nitrogen and oxygen atoms in total. The normalized spacial score (nSPS) is 10.6. The molecule has 0 saturated carbocycles. The zero-order valence-corrected chi connectivity index (χ0v) is 15.4. The number of halogens is 1. The highest BCUT2D eigenvalue weighted by atomic mass is 127. The fourth-order valence-corrected chi connectivity index (χ4v) is 3.71. The lowest BCUT2D eigenvalue weighted by Gasteiger charge is -2.18. The second kappa shape index (κ2) is 6.66. The van der Waals surface area contributed by atoms with Crippen LogP contribution in [0.2, 0.25) is 0 Å². The molecule has 0 aliphatic rings. The van der Waals surface area contributed by atoms with Gasteiger partial charge in [-0.3, -0.25) is 0 Å². The molecular weight excluding hydrogens is 403 g/mol. The van der Waals surface area contributed by atoms with Crippen LogP contribution in [0.15, 0.2) is 48.5 Å². The van der Waals surface area contributed by atoms with E-state index in [1.165, 1.54) is 0 Å². The number of methoxy groups -OCH3 is 3. The average Bonchev–Trinajstić information content (AvgIpc) is 2.60. The van der Waals surface area contributed by atoms with Crippen molar-refractivity contribution in [2.45, 2.75) is 0 Å². The lowest BCUT2D eigenvalue weighted by atomic mass is 9.96. The van der Waals surface area contributed by atoms with Crippen molar-refractivity contribution in [2.75, 3.05) is 21.3 Å². The molecule has 0 fully saturated rings. The zero-order valence-electron chi connectivity index (χ0n) is 13.2. The van der Waals surface area contributed by atoms with Crippen molar-refractivity contribution in [3.8, 4) is 28.4 Å². The Labute approximate surface area is 149 Å². The van der Waals surface area contributed by atoms with Crippen molar-refractivity contribution in [2.24, 2.45) is 0 Å². The number of rotatable bonds is 4. The van der Waals surface area contributed by atoms with Gasteiger partial charge in [0.15, 0.2) is 0 Å². The molecule has 0 unspecified atom stereocenters. The van der Waals surface area contributed by atoms with Gasteiger partial charge in [0.1, 0.15) is 17.2 Å². The van der Waals surface area contributed by atoms with Crippen LogP contribution in [0.3, 0.4) is 0 Å². The molecule has 0 spiro atoms. The van der Waals surface area contributed by atoms with Gasteiger partial charge in [0, 0.05) is 11.1 Å². The summed E-state index contributed by atoms with van der Waals surface area (Å²) < 4.78 is 17.7. The second-order valence-electron chi connectivity index (χ2n) is 5.02. The third kappa shape index (κ3) is 2.72. The van der Waals surface area contributed by atoms with Crippen LogP contribution >= 0.6 is 22.6 Å². The van der Waals surface area contributed by atoms with Crippen LogP contribution < -0.4 is 14.2 Å². The molecule has 0 radical (unpaired) electrons. The van der Waals surface area contributed by atoms with E-state index in [0.717, 1.165) is 42.7 Å². The Morgan fingerprint density at radius 3 is 1.91 bits per heavy atom. The molecule has 0 aromatic heterocycles. The Morgan fingerprint density at radius 1 is 0.652 bits per heavy atom. The molecule has 3 aromatic rings. The minimum atomic E-state index is 0.796. The van der Waals surface area contributed by atoms with E-state index in [9.17, 15) is 0 Å². The smallest absolute Gasteiger partial charge is 0.133 e. The fraction of sp³-hybridized carbons (Fsp3) is 0.158. The van der Waals surface area contributed by atoms with Crippen LogP contribution in [-0.2, 0) is 0 Å². The maximum Gasteiger partial charge on any atom is 0.133 e. The van der Waals surface area contributed by atoms with Crippen LogP contribution in [0.4, 0.5) is 0 Å². The van der Waals surface area contributed by atoms with E-state index in [2.05, 4.69) is 40.8 Å². The van der Waals surface area contributed by atoms with E-state index >= 15 is 0 Å². The lowest BCUT2D eigenvalue weighted by Crippen LogP contribution is -1.97. The maximum absolute atomic E-state index is 5.64. The topological polar surface area (TPSA) is 27.7 Å². The standard InChI is InChI=1S/C19H17IO3/c1-21-14-9-8-12-6-4-5-7-13(12)17(14)18-15(22-2)10-11-16(23-3)19(18)20/h4-11H,1-3H3. The molecule has 3 aromatic carbocycles. The molecule has 0 atom stereocenters. The van der Waals surface area contributed by atoms with Crippen molar-refractivity contribution in [1.29, 1.82) is 0 Å². The summed E-state index contributed by atoms with van der Waals surface area (Å²) >= 11 is 2.30. The van der Waals surface area contributed by atoms with E-state index in [0.29, 0.717) is 0 Å². The van der Waals surface area contributed by atoms with Gasteiger partial charge in [0.05, 0.1) is 24.9 Å². The molecule has 0 saturated heterocycles. The first kappa shape index (κ1) is 15.9. The minimum absolute atomic E-state index is 0.796. The first-order valence-corrected chi connectivity index (χ1v) is 8.25. The van der Waals surface area contributed by atoms with Crippen LogP contribution in [0.25, 0.3) is 21.9 Å². The fourth-order valence-electron chi connectivity index (χ4n) is 2.78. The molecule has 118 valence electrons. The zero-order chi connectivity index (χ0) is 16.4. The van der Waals surface area contributed by atoms with Crippen LogP contribution in [0, 0.1) is 3.57 Å². The Morgan fingerprint density at radius 2 is 1.22 bits per heavy atom. The number of benzene rings is 3. The van der Waals surface area contributed by atoms with E-state index < -0.39 is 0 Å². The highest BCUT2D eigenvalue weighted by molar-refractivity contribution is 14.1. The average molecular weight is 420 g/mol. The van der Waals surface area contributed by atoms with Crippen molar-refractivity contribution in [3.05, 3.63) is 52.1 Å². The largest absolute Gasteiger partial charge is 0.496 e. The summed E-state index contributed by atoms with van der Waals surface area (Å²) in [6, 6.07) is 16.2. The minimum Gasteiger partial charge on any atom is -0.496 e. The molecule has 0 amide bonds. The third-order valence-corrected chi connectivity index (χ3v) is 4.94. The maximum atomic E-state index is 5.64. The van der Waals surface area contributed by atoms with Gasteiger partial charge in [-0.15, -0.1) is 0 Å². The Balaban J connectivity index is 2.45. The number of hydrogen-bond donors (Lipinski definition) is 0. The summed E-state index contributed by atoms with van der Waals surface area (Å²) in [4.78, 5) is 0. The third-order valence-electron chi connectivity index (χ3n) is 3.87. The summed E-state index contributed by atoms with van der Waals surface area (Å²) in [6.07, 6.45) is 0. The summed E-state index contributed by atoms with van der Waals surface area (Å²) in [6.45, 7) is 0. The van der Waals surface area contributed by atoms with Gasteiger partial charge >= 0.3 is 0 Å². The van der Waals surface area contributed by atoms with E-state index in [1.807, 2.05) is 30.3 Å². The van der Waals surface area contributed by atoms with Gasteiger partial charge in [-0.2, -0.15) is 0 Å². The van der Waals surface area contributed by atoms with Crippen LogP contribution in [0.5, 0.6) is 17.2 Å². The Hall–Kier alpha value is -1.95. The van der Waals surface area contributed by atoms with Gasteiger partial charge in [-0.05, 0) is 51.6 Å². The molecule has 0 heterocycles. The van der Waals surface area contributed by atoms with E-state index in [1.54, 1.807) is 21.3 Å². The predicted molar refractivity (Wildman–Crippen MR) is 102 cm³/mol. The second-order valence-corrected chi connectivity index (χ2v) is 6.10. The highest BCUT2D eigenvalue weighted by Gasteiger charge is 2.20. The Bertz CT molecular complexity index is 859. The van der Waals surface area contributed by atoms with E-state index in [-0.39, 0.29) is 0 Å². The Kier molecular flexibility index (Phi) is 4.61. The van der Waals surface area contributed by atoms with Gasteiger partial charge in [-0.25, -0.2) is 0 Å². The van der Waals surface area contributed by atoms with Crippen molar-refractivity contribution in [1.82, 2.24) is 0 Å². The van der Waals surface area contributed by atoms with Crippen LogP contribution in [-0.4, -0.2) is 21.3 Å². The summed E-state index contributed by atoms with van der Waals surface area (Å²) in [5.41, 5.74) is 2.01. The molecule has 4 heteroatoms.